The van der Waals surface area contributed by atoms with Gasteiger partial charge in [-0.25, -0.2) is 13.4 Å². The second-order valence-corrected chi connectivity index (χ2v) is 12.4. The van der Waals surface area contributed by atoms with Crippen molar-refractivity contribution in [1.29, 1.82) is 0 Å². The highest BCUT2D eigenvalue weighted by molar-refractivity contribution is 7.61. The lowest BCUT2D eigenvalue weighted by atomic mass is 10.4. The average Bonchev–Trinajstić information content (AvgIpc) is 2.81. The van der Waals surface area contributed by atoms with Gasteiger partial charge >= 0.3 is 15.6 Å². The quantitative estimate of drug-likeness (QED) is 0.149. The van der Waals surface area contributed by atoms with Crippen LogP contribution in [0.3, 0.4) is 0 Å². The van der Waals surface area contributed by atoms with Gasteiger partial charge in [-0.2, -0.15) is 4.31 Å². The van der Waals surface area contributed by atoms with Crippen molar-refractivity contribution in [3.05, 3.63) is 0 Å². The van der Waals surface area contributed by atoms with Crippen LogP contribution in [-0.2, 0) is 45.0 Å². The molecule has 2 fully saturated rings. The molecule has 2 aliphatic rings. The van der Waals surface area contributed by atoms with Gasteiger partial charge in [0.15, 0.2) is 0 Å². The lowest BCUT2D eigenvalue weighted by molar-refractivity contribution is -0.787. The highest BCUT2D eigenvalue weighted by Crippen LogP contribution is 2.59. The van der Waals surface area contributed by atoms with E-state index >= 15 is 0 Å². The van der Waals surface area contributed by atoms with Crippen molar-refractivity contribution in [3.8, 4) is 0 Å². The molecule has 0 aromatic carbocycles. The topological polar surface area (TPSA) is 268 Å². The molecule has 2 heterocycles. The number of phosphoric ester groups is 4. The fourth-order valence-electron chi connectivity index (χ4n) is 1.75. The molecule has 0 aromatic heterocycles. The fraction of sp³-hybridized carbons (Fsp3) is 1.00. The third-order valence-electron chi connectivity index (χ3n) is 3.42. The van der Waals surface area contributed by atoms with Gasteiger partial charge in [-0.05, 0) is 0 Å². The number of nitrogens with one attached hydrogen (secondary N) is 2. The monoisotopic (exact) mass is 584 g/mol. The van der Waals surface area contributed by atoms with Crippen LogP contribution < -0.4 is 31.1 Å². The van der Waals surface area contributed by atoms with Gasteiger partial charge in [-0.3, -0.25) is 18.2 Å². The standard InChI is InChI=1S/2C4H10N2.2C2H8O7P2/c2*1-2-6-4-3-5-1;2*1-7-10(3,4)9-11(5,6)8-2/h2*5-6H,1-4H2;2*1-2H3,(H,3,4)(H,5,6). The number of piperazine rings is 2. The number of hydrogen-bond donors (Lipinski definition) is 6. The molecule has 34 heavy (non-hydrogen) atoms. The molecule has 18 nitrogen and oxygen atoms in total. The predicted octanol–water partition coefficient (Wildman–Crippen LogP) is -3.96. The van der Waals surface area contributed by atoms with Crippen molar-refractivity contribution in [2.24, 2.45) is 0 Å². The lowest BCUT2D eigenvalue weighted by Gasteiger charge is -2.27. The first-order valence-corrected chi connectivity index (χ1v) is 15.5. The number of nitrogens with two attached hydrogens (primary N) is 2. The van der Waals surface area contributed by atoms with Gasteiger partial charge in [0.05, 0.1) is 0 Å². The maximum absolute atomic E-state index is 10.5. The molecular weight excluding hydrogens is 548 g/mol. The van der Waals surface area contributed by atoms with Crippen LogP contribution in [-0.4, -0.2) is 90.6 Å². The van der Waals surface area contributed by atoms with E-state index in [0.29, 0.717) is 0 Å². The third kappa shape index (κ3) is 24.1. The minimum absolute atomic E-state index is 0.767. The van der Waals surface area contributed by atoms with Crippen molar-refractivity contribution < 1.29 is 75.2 Å². The number of phosphoric acid groups is 4. The van der Waals surface area contributed by atoms with E-state index in [-0.39, 0.29) is 0 Å². The molecule has 208 valence electrons. The Morgan fingerprint density at radius 2 is 0.912 bits per heavy atom. The molecule has 0 radical (unpaired) electrons. The Balaban J connectivity index is 0. The molecule has 0 bridgehead atoms. The van der Waals surface area contributed by atoms with Gasteiger partial charge in [-0.1, -0.05) is 0 Å². The molecule has 4 unspecified atom stereocenters. The predicted molar refractivity (Wildman–Crippen MR) is 114 cm³/mol. The van der Waals surface area contributed by atoms with Crippen LogP contribution >= 0.6 is 31.3 Å². The van der Waals surface area contributed by atoms with Gasteiger partial charge in [0, 0.05) is 54.6 Å². The minimum atomic E-state index is -4.76. The fourth-order valence-corrected chi connectivity index (χ4v) is 4.84. The molecule has 2 rings (SSSR count). The van der Waals surface area contributed by atoms with Crippen LogP contribution in [0.2, 0.25) is 0 Å². The van der Waals surface area contributed by atoms with E-state index in [4.69, 9.17) is 9.79 Å². The molecule has 0 aliphatic carbocycles. The summed E-state index contributed by atoms with van der Waals surface area (Å²) in [6.45, 7) is 9.83. The van der Waals surface area contributed by atoms with E-state index in [0.717, 1.165) is 54.6 Å². The summed E-state index contributed by atoms with van der Waals surface area (Å²) in [4.78, 5) is 37.6. The minimum Gasteiger partial charge on any atom is -0.756 e. The summed E-state index contributed by atoms with van der Waals surface area (Å²) >= 11 is 0. The van der Waals surface area contributed by atoms with E-state index in [1.54, 1.807) is 0 Å². The van der Waals surface area contributed by atoms with Gasteiger partial charge < -0.3 is 49.9 Å². The van der Waals surface area contributed by atoms with Gasteiger partial charge in [-0.15, -0.1) is 0 Å². The second-order valence-electron chi connectivity index (χ2n) is 5.96. The summed E-state index contributed by atoms with van der Waals surface area (Å²) in [5.41, 5.74) is 0. The van der Waals surface area contributed by atoms with Crippen LogP contribution in [0.15, 0.2) is 0 Å². The molecule has 22 heteroatoms. The third-order valence-corrected chi connectivity index (χ3v) is 8.49. The Morgan fingerprint density at radius 3 is 1.09 bits per heavy atom. The number of rotatable bonds is 8. The SMILES string of the molecule is C1CNCCN1.C1C[NH2+]CC[NH2+]1.COP(=O)(O)OP(=O)(O)OC.COP(=O)([O-])OP(=O)([O-])OC. The van der Waals surface area contributed by atoms with Gasteiger partial charge in [0.25, 0.3) is 15.6 Å². The van der Waals surface area contributed by atoms with Crippen LogP contribution in [0.4, 0.5) is 0 Å². The zero-order valence-electron chi connectivity index (χ0n) is 19.4. The number of quaternary nitrogens is 2. The Bertz CT molecular complexity index is 583. The largest absolute Gasteiger partial charge is 0.756 e. The van der Waals surface area contributed by atoms with E-state index in [2.05, 4.69) is 48.0 Å². The van der Waals surface area contributed by atoms with Crippen molar-refractivity contribution >= 4 is 31.3 Å². The number of hydrogen-bond acceptors (Lipinski definition) is 14. The Hall–Kier alpha value is 0.360. The Morgan fingerprint density at radius 1 is 0.618 bits per heavy atom. The maximum Gasteiger partial charge on any atom is 0.480 e. The van der Waals surface area contributed by atoms with Crippen molar-refractivity contribution in [2.75, 3.05) is 80.8 Å². The van der Waals surface area contributed by atoms with Crippen molar-refractivity contribution in [3.63, 3.8) is 0 Å². The van der Waals surface area contributed by atoms with Crippen molar-refractivity contribution in [2.45, 2.75) is 0 Å². The zero-order valence-corrected chi connectivity index (χ0v) is 23.0. The molecule has 0 amide bonds. The van der Waals surface area contributed by atoms with Crippen LogP contribution in [0, 0.1) is 0 Å². The van der Waals surface area contributed by atoms with E-state index < -0.39 is 31.3 Å². The normalized spacial score (nSPS) is 22.8. The van der Waals surface area contributed by atoms with E-state index in [1.807, 2.05) is 0 Å². The average molecular weight is 584 g/mol. The Labute approximate surface area is 198 Å². The van der Waals surface area contributed by atoms with E-state index in [1.165, 1.54) is 26.2 Å². The molecular formula is C12H36N4O14P4. The molecule has 0 spiro atoms. The van der Waals surface area contributed by atoms with Crippen LogP contribution in [0.5, 0.6) is 0 Å². The first-order valence-electron chi connectivity index (χ1n) is 9.64. The van der Waals surface area contributed by atoms with Crippen molar-refractivity contribution in [1.82, 2.24) is 10.6 Å². The summed E-state index contributed by atoms with van der Waals surface area (Å²) in [6, 6.07) is 0. The van der Waals surface area contributed by atoms with Crippen LogP contribution in [0.1, 0.15) is 0 Å². The summed E-state index contributed by atoms with van der Waals surface area (Å²) in [6.07, 6.45) is 0. The molecule has 2 saturated heterocycles. The molecule has 2 aliphatic heterocycles. The molecule has 4 atom stereocenters. The smallest absolute Gasteiger partial charge is 0.480 e. The highest BCUT2D eigenvalue weighted by Gasteiger charge is 2.32. The van der Waals surface area contributed by atoms with E-state index in [9.17, 15) is 28.0 Å². The summed E-state index contributed by atoms with van der Waals surface area (Å²) in [5, 5.41) is 11.2. The second kappa shape index (κ2) is 19.5. The Kier molecular flexibility index (Phi) is 20.9. The lowest BCUT2D eigenvalue weighted by Crippen LogP contribution is -3.04. The first kappa shape index (κ1) is 36.5. The van der Waals surface area contributed by atoms with Gasteiger partial charge in [0.1, 0.15) is 26.2 Å². The summed E-state index contributed by atoms with van der Waals surface area (Å²) in [7, 11) is -15.2. The molecule has 8 N–H and O–H groups in total. The zero-order chi connectivity index (χ0) is 26.7. The molecule has 0 aromatic rings. The maximum atomic E-state index is 10.5. The highest BCUT2D eigenvalue weighted by atomic mass is 31.3. The van der Waals surface area contributed by atoms with Crippen LogP contribution in [0.25, 0.3) is 0 Å². The molecule has 0 saturated carbocycles. The summed E-state index contributed by atoms with van der Waals surface area (Å²) < 4.78 is 63.8. The first-order chi connectivity index (χ1) is 15.7. The van der Waals surface area contributed by atoms with Gasteiger partial charge in [0.2, 0.25) is 0 Å². The summed E-state index contributed by atoms with van der Waals surface area (Å²) in [5.74, 6) is 0.